The molecule has 2 heterocycles. The van der Waals surface area contributed by atoms with Gasteiger partial charge in [-0.25, -0.2) is 0 Å². The van der Waals surface area contributed by atoms with Gasteiger partial charge in [-0.05, 0) is 56.2 Å². The van der Waals surface area contributed by atoms with Crippen molar-refractivity contribution in [1.29, 1.82) is 0 Å². The number of hydrogen-bond acceptors (Lipinski definition) is 5. The minimum atomic E-state index is -0.106. The van der Waals surface area contributed by atoms with Crippen LogP contribution in [0.3, 0.4) is 0 Å². The van der Waals surface area contributed by atoms with Crippen molar-refractivity contribution in [3.63, 3.8) is 0 Å². The van der Waals surface area contributed by atoms with E-state index in [0.29, 0.717) is 30.0 Å². The van der Waals surface area contributed by atoms with Crippen molar-refractivity contribution in [2.45, 2.75) is 26.8 Å². The Morgan fingerprint density at radius 2 is 1.84 bits per heavy atom. The minimum Gasteiger partial charge on any atom is -0.483 e. The zero-order valence-corrected chi connectivity index (χ0v) is 18.3. The Kier molecular flexibility index (Phi) is 6.18. The maximum atomic E-state index is 12.9. The van der Waals surface area contributed by atoms with Crippen LogP contribution in [0.15, 0.2) is 61.2 Å². The highest BCUT2D eigenvalue weighted by Gasteiger charge is 2.18. The molecule has 164 valence electrons. The van der Waals surface area contributed by atoms with Gasteiger partial charge < -0.3 is 14.4 Å². The summed E-state index contributed by atoms with van der Waals surface area (Å²) in [5.74, 6) is 0.401. The molecule has 4 aromatic rings. The van der Waals surface area contributed by atoms with E-state index in [1.165, 1.54) is 4.80 Å². The Hall–Kier alpha value is -3.71. The lowest BCUT2D eigenvalue weighted by atomic mass is 10.1. The third-order valence-corrected chi connectivity index (χ3v) is 5.47. The van der Waals surface area contributed by atoms with E-state index in [9.17, 15) is 9.90 Å². The number of fused-ring (bicyclic) bond motifs is 1. The first-order valence-electron chi connectivity index (χ1n) is 10.5. The Morgan fingerprint density at radius 1 is 1.12 bits per heavy atom. The van der Waals surface area contributed by atoms with Crippen molar-refractivity contribution < 1.29 is 14.6 Å². The molecular weight excluding hydrogens is 404 g/mol. The molecule has 0 spiro atoms. The van der Waals surface area contributed by atoms with Crippen LogP contribution < -0.4 is 4.74 Å². The van der Waals surface area contributed by atoms with Gasteiger partial charge in [-0.2, -0.15) is 0 Å². The van der Waals surface area contributed by atoms with Crippen LogP contribution in [0.1, 0.15) is 27.3 Å². The zero-order valence-electron chi connectivity index (χ0n) is 18.3. The fourth-order valence-corrected chi connectivity index (χ4v) is 3.81. The number of aliphatic hydroxyl groups is 1. The van der Waals surface area contributed by atoms with Crippen LogP contribution in [-0.2, 0) is 13.0 Å². The molecule has 2 aromatic heterocycles. The fraction of sp³-hybridized carbons (Fsp3) is 0.240. The first-order valence-corrected chi connectivity index (χ1v) is 10.5. The number of carbonyl (C=O) groups is 1. The van der Waals surface area contributed by atoms with Gasteiger partial charge in [0.2, 0.25) is 5.78 Å². The summed E-state index contributed by atoms with van der Waals surface area (Å²) in [5, 5.41) is 18.4. The number of aliphatic hydroxyl groups excluding tert-OH is 1. The van der Waals surface area contributed by atoms with E-state index in [1.807, 2.05) is 62.4 Å². The van der Waals surface area contributed by atoms with Crippen molar-refractivity contribution in [2.75, 3.05) is 13.2 Å². The number of aryl methyl sites for hydroxylation is 1. The van der Waals surface area contributed by atoms with Gasteiger partial charge in [0.05, 0.1) is 0 Å². The molecule has 0 aliphatic rings. The largest absolute Gasteiger partial charge is 0.483 e. The highest BCUT2D eigenvalue weighted by Crippen LogP contribution is 2.26. The van der Waals surface area contributed by atoms with Gasteiger partial charge in [-0.15, -0.1) is 21.6 Å². The Labute approximate surface area is 186 Å². The van der Waals surface area contributed by atoms with Crippen molar-refractivity contribution in [3.8, 4) is 11.4 Å². The summed E-state index contributed by atoms with van der Waals surface area (Å²) in [5.41, 5.74) is 5.62. The van der Waals surface area contributed by atoms with E-state index >= 15 is 0 Å². The second-order valence-electron chi connectivity index (χ2n) is 7.65. The summed E-state index contributed by atoms with van der Waals surface area (Å²) in [4.78, 5) is 14.4. The first-order chi connectivity index (χ1) is 15.5. The lowest BCUT2D eigenvalue weighted by Crippen LogP contribution is -2.14. The predicted octanol–water partition coefficient (Wildman–Crippen LogP) is 3.82. The van der Waals surface area contributed by atoms with Crippen LogP contribution in [0.25, 0.3) is 16.7 Å². The molecule has 0 radical (unpaired) electrons. The van der Waals surface area contributed by atoms with Crippen molar-refractivity contribution in [2.24, 2.45) is 0 Å². The molecule has 0 saturated heterocycles. The van der Waals surface area contributed by atoms with Gasteiger partial charge in [-0.1, -0.05) is 24.3 Å². The lowest BCUT2D eigenvalue weighted by Gasteiger charge is -2.12. The number of aromatic nitrogens is 4. The number of nitrogens with zero attached hydrogens (tertiary/aromatic N) is 4. The standard InChI is InChI=1S/C25H26N4O3/c1-4-12-28-17(2)14-20(18(28)3)24(31)16-32-25-10-9-19(11-13-30)15-23(25)29-26-21-7-5-6-8-22(21)27-29/h4-10,14-15,30H,1,11-13,16H2,2-3H3. The molecule has 7 nitrogen and oxygen atoms in total. The fourth-order valence-electron chi connectivity index (χ4n) is 3.81. The number of Topliss-reactive ketones (excluding diaryl/α,β-unsaturated/α-hetero) is 1. The van der Waals surface area contributed by atoms with Crippen LogP contribution in [0.5, 0.6) is 5.75 Å². The van der Waals surface area contributed by atoms with E-state index in [2.05, 4.69) is 21.3 Å². The first kappa shape index (κ1) is 21.5. The predicted molar refractivity (Wildman–Crippen MR) is 124 cm³/mol. The van der Waals surface area contributed by atoms with E-state index in [-0.39, 0.29) is 19.0 Å². The third-order valence-electron chi connectivity index (χ3n) is 5.47. The minimum absolute atomic E-state index is 0.0347. The van der Waals surface area contributed by atoms with Crippen LogP contribution in [-0.4, -0.2) is 43.7 Å². The van der Waals surface area contributed by atoms with Crippen molar-refractivity contribution in [1.82, 2.24) is 19.6 Å². The molecule has 0 atom stereocenters. The van der Waals surface area contributed by atoms with E-state index < -0.39 is 0 Å². The smallest absolute Gasteiger partial charge is 0.202 e. The summed E-state index contributed by atoms with van der Waals surface area (Å²) in [6.07, 6.45) is 2.31. The summed E-state index contributed by atoms with van der Waals surface area (Å²) in [6.45, 7) is 8.27. The van der Waals surface area contributed by atoms with Gasteiger partial charge in [0.1, 0.15) is 22.5 Å². The highest BCUT2D eigenvalue weighted by atomic mass is 16.5. The molecule has 0 aliphatic carbocycles. The van der Waals surface area contributed by atoms with Crippen LogP contribution >= 0.6 is 0 Å². The average Bonchev–Trinajstić information content (AvgIpc) is 3.35. The van der Waals surface area contributed by atoms with Crippen molar-refractivity contribution in [3.05, 3.63) is 83.7 Å². The van der Waals surface area contributed by atoms with Crippen LogP contribution in [0.2, 0.25) is 0 Å². The summed E-state index contributed by atoms with van der Waals surface area (Å²) in [6, 6.07) is 15.0. The van der Waals surface area contributed by atoms with Gasteiger partial charge in [-0.3, -0.25) is 4.79 Å². The van der Waals surface area contributed by atoms with E-state index in [0.717, 1.165) is 28.0 Å². The number of benzene rings is 2. The molecule has 32 heavy (non-hydrogen) atoms. The molecular formula is C25H26N4O3. The van der Waals surface area contributed by atoms with Gasteiger partial charge in [0.25, 0.3) is 0 Å². The topological polar surface area (TPSA) is 82.2 Å². The Bertz CT molecular complexity index is 1250. The lowest BCUT2D eigenvalue weighted by molar-refractivity contribution is 0.0920. The van der Waals surface area contributed by atoms with Gasteiger partial charge >= 0.3 is 0 Å². The quantitative estimate of drug-likeness (QED) is 0.322. The molecule has 0 aliphatic heterocycles. The molecule has 0 amide bonds. The normalized spacial score (nSPS) is 11.1. The van der Waals surface area contributed by atoms with Crippen molar-refractivity contribution >= 4 is 16.8 Å². The summed E-state index contributed by atoms with van der Waals surface area (Å²) < 4.78 is 8.01. The number of ether oxygens (including phenoxy) is 1. The van der Waals surface area contributed by atoms with Gasteiger partial charge in [0, 0.05) is 30.1 Å². The van der Waals surface area contributed by atoms with Gasteiger partial charge in [0.15, 0.2) is 6.61 Å². The average molecular weight is 431 g/mol. The number of carbonyl (C=O) groups excluding carboxylic acids is 1. The second kappa shape index (κ2) is 9.20. The molecule has 0 unspecified atom stereocenters. The SMILES string of the molecule is C=CCn1c(C)cc(C(=O)COc2ccc(CCO)cc2-n2nc3ccccc3n2)c1C. The molecule has 0 saturated carbocycles. The highest BCUT2D eigenvalue weighted by molar-refractivity contribution is 5.98. The van der Waals surface area contributed by atoms with Crippen LogP contribution in [0, 0.1) is 13.8 Å². The maximum Gasteiger partial charge on any atom is 0.202 e. The number of rotatable bonds is 9. The Morgan fingerprint density at radius 3 is 2.50 bits per heavy atom. The Balaban J connectivity index is 1.63. The molecule has 0 bridgehead atoms. The summed E-state index contributed by atoms with van der Waals surface area (Å²) >= 11 is 0. The number of hydrogen-bond donors (Lipinski definition) is 1. The molecule has 1 N–H and O–H groups in total. The molecule has 2 aromatic carbocycles. The molecule has 7 heteroatoms. The number of allylic oxidation sites excluding steroid dienone is 1. The second-order valence-corrected chi connectivity index (χ2v) is 7.65. The zero-order chi connectivity index (χ0) is 22.7. The maximum absolute atomic E-state index is 12.9. The summed E-state index contributed by atoms with van der Waals surface area (Å²) in [7, 11) is 0. The molecule has 4 rings (SSSR count). The third kappa shape index (κ3) is 4.20. The van der Waals surface area contributed by atoms with E-state index in [4.69, 9.17) is 4.74 Å². The van der Waals surface area contributed by atoms with Crippen LogP contribution in [0.4, 0.5) is 0 Å². The monoisotopic (exact) mass is 430 g/mol. The number of ketones is 1. The molecule has 0 fully saturated rings. The van der Waals surface area contributed by atoms with E-state index in [1.54, 1.807) is 6.07 Å².